The van der Waals surface area contributed by atoms with Crippen molar-refractivity contribution >= 4 is 0 Å². The van der Waals surface area contributed by atoms with E-state index in [-0.39, 0.29) is 18.4 Å². The van der Waals surface area contributed by atoms with Crippen molar-refractivity contribution < 1.29 is 14.2 Å². The number of rotatable bonds is 4. The third-order valence-corrected chi connectivity index (χ3v) is 2.79. The summed E-state index contributed by atoms with van der Waals surface area (Å²) >= 11 is 0. The van der Waals surface area contributed by atoms with Crippen molar-refractivity contribution in [2.75, 3.05) is 0 Å². The fourth-order valence-electron chi connectivity index (χ4n) is 1.72. The zero-order valence-electron chi connectivity index (χ0n) is 10.6. The average molecular weight is 261 g/mol. The largest absolute Gasteiger partial charge is 0.454 e. The van der Waals surface area contributed by atoms with Gasteiger partial charge in [0, 0.05) is 6.04 Å². The monoisotopic (exact) mass is 261 g/mol. The number of hydrogen-bond acceptors (Lipinski definition) is 3. The SMILES string of the molecule is C[C@@H](N)c1ccc(Oc2cccc(CO)c2)c(F)c1. The average Bonchev–Trinajstić information content (AvgIpc) is 2.41. The number of aliphatic hydroxyl groups excluding tert-OH is 1. The van der Waals surface area contributed by atoms with Crippen LogP contribution in [-0.2, 0) is 6.61 Å². The third-order valence-electron chi connectivity index (χ3n) is 2.79. The van der Waals surface area contributed by atoms with Crippen LogP contribution in [0.25, 0.3) is 0 Å². The van der Waals surface area contributed by atoms with Gasteiger partial charge in [-0.25, -0.2) is 4.39 Å². The zero-order valence-corrected chi connectivity index (χ0v) is 10.6. The zero-order chi connectivity index (χ0) is 13.8. The smallest absolute Gasteiger partial charge is 0.166 e. The van der Waals surface area contributed by atoms with Crippen LogP contribution in [0, 0.1) is 5.82 Å². The number of aliphatic hydroxyl groups is 1. The van der Waals surface area contributed by atoms with Gasteiger partial charge in [0.2, 0.25) is 0 Å². The standard InChI is InChI=1S/C15H16FNO2/c1-10(17)12-5-6-15(14(16)8-12)19-13-4-2-3-11(7-13)9-18/h2-8,10,18H,9,17H2,1H3/t10-/m1/s1. The van der Waals surface area contributed by atoms with Gasteiger partial charge in [-0.15, -0.1) is 0 Å². The number of benzene rings is 2. The van der Waals surface area contributed by atoms with E-state index >= 15 is 0 Å². The van der Waals surface area contributed by atoms with Gasteiger partial charge in [0.25, 0.3) is 0 Å². The molecule has 0 aliphatic carbocycles. The number of halogens is 1. The van der Waals surface area contributed by atoms with Crippen LogP contribution in [0.2, 0.25) is 0 Å². The lowest BCUT2D eigenvalue weighted by Gasteiger charge is -2.10. The van der Waals surface area contributed by atoms with Crippen molar-refractivity contribution in [1.29, 1.82) is 0 Å². The first-order chi connectivity index (χ1) is 9.10. The Morgan fingerprint density at radius 2 is 2.05 bits per heavy atom. The van der Waals surface area contributed by atoms with E-state index in [1.165, 1.54) is 6.07 Å². The van der Waals surface area contributed by atoms with Crippen LogP contribution in [0.4, 0.5) is 4.39 Å². The molecule has 0 spiro atoms. The molecule has 100 valence electrons. The maximum absolute atomic E-state index is 13.8. The Morgan fingerprint density at radius 3 is 2.68 bits per heavy atom. The number of nitrogens with two attached hydrogens (primary N) is 1. The minimum Gasteiger partial charge on any atom is -0.454 e. The normalized spacial score (nSPS) is 12.2. The van der Waals surface area contributed by atoms with Gasteiger partial charge < -0.3 is 15.6 Å². The third kappa shape index (κ3) is 3.30. The summed E-state index contributed by atoms with van der Waals surface area (Å²) < 4.78 is 19.3. The van der Waals surface area contributed by atoms with Crippen LogP contribution in [0.1, 0.15) is 24.1 Å². The first-order valence-electron chi connectivity index (χ1n) is 6.03. The molecule has 0 aliphatic rings. The van der Waals surface area contributed by atoms with Crippen LogP contribution < -0.4 is 10.5 Å². The Balaban J connectivity index is 2.23. The molecule has 2 aromatic rings. The summed E-state index contributed by atoms with van der Waals surface area (Å²) in [6, 6.07) is 11.3. The van der Waals surface area contributed by atoms with Gasteiger partial charge in [-0.05, 0) is 42.3 Å². The van der Waals surface area contributed by atoms with E-state index in [4.69, 9.17) is 15.6 Å². The van der Waals surface area contributed by atoms with E-state index < -0.39 is 5.82 Å². The topological polar surface area (TPSA) is 55.5 Å². The molecule has 3 N–H and O–H groups in total. The van der Waals surface area contributed by atoms with E-state index in [2.05, 4.69) is 0 Å². The summed E-state index contributed by atoms with van der Waals surface area (Å²) in [7, 11) is 0. The van der Waals surface area contributed by atoms with Crippen LogP contribution in [0.5, 0.6) is 11.5 Å². The quantitative estimate of drug-likeness (QED) is 0.889. The van der Waals surface area contributed by atoms with Crippen molar-refractivity contribution in [2.24, 2.45) is 5.73 Å². The Bertz CT molecular complexity index is 570. The lowest BCUT2D eigenvalue weighted by Crippen LogP contribution is -2.05. The molecule has 0 saturated carbocycles. The van der Waals surface area contributed by atoms with Crippen molar-refractivity contribution in [3.05, 3.63) is 59.4 Å². The van der Waals surface area contributed by atoms with E-state index in [0.717, 1.165) is 0 Å². The van der Waals surface area contributed by atoms with Gasteiger partial charge in [0.1, 0.15) is 5.75 Å². The highest BCUT2D eigenvalue weighted by Crippen LogP contribution is 2.27. The van der Waals surface area contributed by atoms with Crippen molar-refractivity contribution in [1.82, 2.24) is 0 Å². The van der Waals surface area contributed by atoms with Gasteiger partial charge >= 0.3 is 0 Å². The second kappa shape index (κ2) is 5.82. The van der Waals surface area contributed by atoms with Gasteiger partial charge in [-0.2, -0.15) is 0 Å². The van der Waals surface area contributed by atoms with Crippen LogP contribution in [0.3, 0.4) is 0 Å². The molecule has 2 rings (SSSR count). The molecule has 0 unspecified atom stereocenters. The van der Waals surface area contributed by atoms with Crippen molar-refractivity contribution in [3.8, 4) is 11.5 Å². The predicted octanol–water partition coefficient (Wildman–Crippen LogP) is 3.13. The Hall–Kier alpha value is -1.91. The van der Waals surface area contributed by atoms with Gasteiger partial charge in [-0.1, -0.05) is 18.2 Å². The maximum atomic E-state index is 13.8. The molecule has 0 fully saturated rings. The number of ether oxygens (including phenoxy) is 1. The lowest BCUT2D eigenvalue weighted by molar-refractivity contribution is 0.281. The second-order valence-corrected chi connectivity index (χ2v) is 4.39. The molecular formula is C15H16FNO2. The molecular weight excluding hydrogens is 245 g/mol. The lowest BCUT2D eigenvalue weighted by atomic mass is 10.1. The van der Waals surface area contributed by atoms with Gasteiger partial charge in [0.15, 0.2) is 11.6 Å². The van der Waals surface area contributed by atoms with Crippen molar-refractivity contribution in [2.45, 2.75) is 19.6 Å². The summed E-state index contributed by atoms with van der Waals surface area (Å²) in [5, 5.41) is 9.04. The molecule has 0 aliphatic heterocycles. The Morgan fingerprint density at radius 1 is 1.26 bits per heavy atom. The highest BCUT2D eigenvalue weighted by molar-refractivity contribution is 5.36. The summed E-state index contributed by atoms with van der Waals surface area (Å²) in [6.45, 7) is 1.71. The summed E-state index contributed by atoms with van der Waals surface area (Å²) in [5.41, 5.74) is 7.12. The molecule has 0 bridgehead atoms. The Labute approximate surface area is 111 Å². The molecule has 3 nitrogen and oxygen atoms in total. The highest BCUT2D eigenvalue weighted by Gasteiger charge is 2.08. The van der Waals surface area contributed by atoms with E-state index in [1.807, 2.05) is 0 Å². The molecule has 2 aromatic carbocycles. The molecule has 1 atom stereocenters. The molecule has 0 heterocycles. The molecule has 0 aromatic heterocycles. The summed E-state index contributed by atoms with van der Waals surface area (Å²) in [5.74, 6) is 0.169. The minimum atomic E-state index is -0.454. The van der Waals surface area contributed by atoms with E-state index in [9.17, 15) is 4.39 Å². The van der Waals surface area contributed by atoms with Gasteiger partial charge in [0.05, 0.1) is 6.61 Å². The highest BCUT2D eigenvalue weighted by atomic mass is 19.1. The first kappa shape index (κ1) is 13.5. The minimum absolute atomic E-state index is 0.0801. The molecule has 0 saturated heterocycles. The molecule has 19 heavy (non-hydrogen) atoms. The van der Waals surface area contributed by atoms with E-state index in [1.54, 1.807) is 43.3 Å². The fraction of sp³-hybridized carbons (Fsp3) is 0.200. The van der Waals surface area contributed by atoms with E-state index in [0.29, 0.717) is 16.9 Å². The first-order valence-corrected chi connectivity index (χ1v) is 6.03. The maximum Gasteiger partial charge on any atom is 0.166 e. The predicted molar refractivity (Wildman–Crippen MR) is 71.4 cm³/mol. The van der Waals surface area contributed by atoms with Crippen LogP contribution >= 0.6 is 0 Å². The Kier molecular flexibility index (Phi) is 4.14. The second-order valence-electron chi connectivity index (χ2n) is 4.39. The summed E-state index contributed by atoms with van der Waals surface area (Å²) in [4.78, 5) is 0. The summed E-state index contributed by atoms with van der Waals surface area (Å²) in [6.07, 6.45) is 0. The molecule has 4 heteroatoms. The molecule has 0 amide bonds. The van der Waals surface area contributed by atoms with Crippen LogP contribution in [0.15, 0.2) is 42.5 Å². The molecule has 0 radical (unpaired) electrons. The van der Waals surface area contributed by atoms with Gasteiger partial charge in [-0.3, -0.25) is 0 Å². The fourth-order valence-corrected chi connectivity index (χ4v) is 1.72. The van der Waals surface area contributed by atoms with Crippen molar-refractivity contribution in [3.63, 3.8) is 0 Å². The van der Waals surface area contributed by atoms with Crippen LogP contribution in [-0.4, -0.2) is 5.11 Å². The number of hydrogen-bond donors (Lipinski definition) is 2.